The molecule has 0 saturated carbocycles. The van der Waals surface area contributed by atoms with Crippen LogP contribution in [0.25, 0.3) is 22.5 Å². The zero-order valence-electron chi connectivity index (χ0n) is 22.5. The van der Waals surface area contributed by atoms with Gasteiger partial charge in [0, 0.05) is 45.5 Å². The number of rotatable bonds is 6. The van der Waals surface area contributed by atoms with Crippen LogP contribution in [0.15, 0.2) is 60.8 Å². The standard InChI is InChI=1S/C29H30FN7O3/c1-35(2)29(39)36-14-11-19(12-15-36)25-23-10-13-32-28(31)37(23)26(34-25)20-6-4-18(5-7-20)17-33-27(38)22-16-21(30)8-9-24(22)40-3/h4-11,13,16H,12,14-15,17H2,1-3H3,(H2,31,32)(H,33,38). The fourth-order valence-corrected chi connectivity index (χ4v) is 4.74. The van der Waals surface area contributed by atoms with Gasteiger partial charge in [-0.2, -0.15) is 0 Å². The monoisotopic (exact) mass is 543 g/mol. The second kappa shape index (κ2) is 11.0. The van der Waals surface area contributed by atoms with E-state index >= 15 is 0 Å². The van der Waals surface area contributed by atoms with E-state index in [4.69, 9.17) is 15.5 Å². The van der Waals surface area contributed by atoms with Crippen LogP contribution < -0.4 is 15.8 Å². The molecule has 2 aromatic heterocycles. The van der Waals surface area contributed by atoms with Gasteiger partial charge in [0.25, 0.3) is 5.91 Å². The molecule has 0 fully saturated rings. The maximum absolute atomic E-state index is 13.7. The minimum atomic E-state index is -0.515. The number of benzene rings is 2. The molecule has 4 aromatic rings. The highest BCUT2D eigenvalue weighted by atomic mass is 19.1. The molecule has 40 heavy (non-hydrogen) atoms. The molecule has 1 aliphatic heterocycles. The summed E-state index contributed by atoms with van der Waals surface area (Å²) < 4.78 is 20.7. The van der Waals surface area contributed by atoms with Gasteiger partial charge in [0.2, 0.25) is 5.95 Å². The Hall–Kier alpha value is -4.93. The molecule has 1 aliphatic rings. The van der Waals surface area contributed by atoms with Crippen LogP contribution in [0.2, 0.25) is 0 Å². The van der Waals surface area contributed by atoms with Crippen molar-refractivity contribution in [3.63, 3.8) is 0 Å². The third kappa shape index (κ3) is 5.18. The number of nitrogens with zero attached hydrogens (tertiary/aromatic N) is 5. The van der Waals surface area contributed by atoms with Gasteiger partial charge in [0.1, 0.15) is 17.4 Å². The number of carbonyl (C=O) groups excluding carboxylic acids is 2. The Kier molecular flexibility index (Phi) is 7.37. The molecule has 10 nitrogen and oxygen atoms in total. The quantitative estimate of drug-likeness (QED) is 0.382. The fourth-order valence-electron chi connectivity index (χ4n) is 4.74. The molecule has 0 atom stereocenters. The predicted molar refractivity (Wildman–Crippen MR) is 150 cm³/mol. The number of methoxy groups -OCH3 is 1. The maximum atomic E-state index is 13.7. The summed E-state index contributed by atoms with van der Waals surface area (Å²) in [5, 5.41) is 2.81. The summed E-state index contributed by atoms with van der Waals surface area (Å²) in [4.78, 5) is 37.6. The summed E-state index contributed by atoms with van der Waals surface area (Å²) in [5.41, 5.74) is 10.8. The Balaban J connectivity index is 1.38. The summed E-state index contributed by atoms with van der Waals surface area (Å²) in [7, 11) is 4.92. The normalized spacial score (nSPS) is 13.2. The number of imidazole rings is 1. The second-order valence-electron chi connectivity index (χ2n) is 9.63. The molecule has 206 valence electrons. The summed E-state index contributed by atoms with van der Waals surface area (Å²) in [5.74, 6) is 0.303. The predicted octanol–water partition coefficient (Wildman–Crippen LogP) is 3.83. The molecule has 0 radical (unpaired) electrons. The Bertz CT molecular complexity index is 1610. The van der Waals surface area contributed by atoms with Crippen molar-refractivity contribution in [2.75, 3.05) is 40.0 Å². The van der Waals surface area contributed by atoms with Gasteiger partial charge in [0.15, 0.2) is 0 Å². The van der Waals surface area contributed by atoms with Gasteiger partial charge >= 0.3 is 6.03 Å². The number of nitrogens with one attached hydrogen (secondary N) is 1. The topological polar surface area (TPSA) is 118 Å². The summed E-state index contributed by atoms with van der Waals surface area (Å²) >= 11 is 0. The Morgan fingerprint density at radius 2 is 1.93 bits per heavy atom. The van der Waals surface area contributed by atoms with E-state index < -0.39 is 11.7 Å². The first-order chi connectivity index (χ1) is 19.3. The molecule has 0 aliphatic carbocycles. The maximum Gasteiger partial charge on any atom is 0.319 e. The zero-order chi connectivity index (χ0) is 28.4. The second-order valence-corrected chi connectivity index (χ2v) is 9.63. The lowest BCUT2D eigenvalue weighted by molar-refractivity contribution is 0.0947. The Morgan fingerprint density at radius 3 is 2.60 bits per heavy atom. The van der Waals surface area contributed by atoms with Gasteiger partial charge in [-0.15, -0.1) is 0 Å². The van der Waals surface area contributed by atoms with Crippen LogP contribution in [0, 0.1) is 5.82 Å². The molecule has 3 heterocycles. The van der Waals surface area contributed by atoms with Gasteiger partial charge in [0.05, 0.1) is 23.9 Å². The highest BCUT2D eigenvalue weighted by Crippen LogP contribution is 2.31. The van der Waals surface area contributed by atoms with E-state index in [2.05, 4.69) is 10.3 Å². The molecule has 5 rings (SSSR count). The van der Waals surface area contributed by atoms with E-state index in [1.165, 1.54) is 19.2 Å². The minimum absolute atomic E-state index is 0.0227. The van der Waals surface area contributed by atoms with Crippen molar-refractivity contribution in [2.45, 2.75) is 13.0 Å². The molecule has 0 saturated heterocycles. The molecule has 3 N–H and O–H groups in total. The van der Waals surface area contributed by atoms with Crippen LogP contribution in [0.3, 0.4) is 0 Å². The summed E-state index contributed by atoms with van der Waals surface area (Å²) in [6.45, 7) is 1.34. The van der Waals surface area contributed by atoms with E-state index in [0.717, 1.165) is 34.0 Å². The number of hydrogen-bond acceptors (Lipinski definition) is 6. The lowest BCUT2D eigenvalue weighted by Crippen LogP contribution is -2.41. The van der Waals surface area contributed by atoms with E-state index in [1.54, 1.807) is 30.1 Å². The van der Waals surface area contributed by atoms with Gasteiger partial charge in [-0.1, -0.05) is 30.3 Å². The number of aromatic nitrogens is 3. The molecule has 0 spiro atoms. The first-order valence-electron chi connectivity index (χ1n) is 12.8. The van der Waals surface area contributed by atoms with Crippen LogP contribution in [-0.2, 0) is 6.54 Å². The van der Waals surface area contributed by atoms with Crippen LogP contribution in [-0.4, -0.2) is 70.4 Å². The summed E-state index contributed by atoms with van der Waals surface area (Å²) in [6.07, 6.45) is 4.36. The smallest absolute Gasteiger partial charge is 0.319 e. The van der Waals surface area contributed by atoms with E-state index in [1.807, 2.05) is 40.8 Å². The number of ether oxygens (including phenoxy) is 1. The SMILES string of the molecule is COc1ccc(F)cc1C(=O)NCc1ccc(-c2nc(C3=CCN(C(=O)N(C)C)CC3)c3ccnc(N)n23)cc1. The minimum Gasteiger partial charge on any atom is -0.496 e. The average molecular weight is 544 g/mol. The number of urea groups is 1. The number of hydrogen-bond donors (Lipinski definition) is 2. The molecule has 2 aromatic carbocycles. The van der Waals surface area contributed by atoms with E-state index in [-0.39, 0.29) is 18.1 Å². The number of nitrogen functional groups attached to an aromatic ring is 1. The number of amides is 3. The molecule has 0 unspecified atom stereocenters. The Labute approximate surface area is 230 Å². The number of carbonyl (C=O) groups is 2. The molecular weight excluding hydrogens is 513 g/mol. The largest absolute Gasteiger partial charge is 0.496 e. The van der Waals surface area contributed by atoms with Crippen molar-refractivity contribution in [3.05, 3.63) is 83.4 Å². The lowest BCUT2D eigenvalue weighted by atomic mass is 10.0. The van der Waals surface area contributed by atoms with Crippen molar-refractivity contribution in [2.24, 2.45) is 0 Å². The lowest BCUT2D eigenvalue weighted by Gasteiger charge is -2.28. The molecule has 11 heteroatoms. The van der Waals surface area contributed by atoms with Gasteiger partial charge in [-0.3, -0.25) is 9.20 Å². The molecule has 3 amide bonds. The summed E-state index contributed by atoms with van der Waals surface area (Å²) in [6, 6.07) is 13.3. The van der Waals surface area contributed by atoms with Crippen molar-refractivity contribution in [1.29, 1.82) is 0 Å². The molecular formula is C29H30FN7O3. The van der Waals surface area contributed by atoms with Gasteiger partial charge < -0.3 is 25.6 Å². The van der Waals surface area contributed by atoms with Crippen molar-refractivity contribution >= 4 is 29.0 Å². The van der Waals surface area contributed by atoms with Crippen LogP contribution >= 0.6 is 0 Å². The average Bonchev–Trinajstić information content (AvgIpc) is 3.37. The molecule has 0 bridgehead atoms. The van der Waals surface area contributed by atoms with Crippen molar-refractivity contribution < 1.29 is 18.7 Å². The third-order valence-corrected chi connectivity index (χ3v) is 6.82. The number of anilines is 1. The number of halogens is 1. The highest BCUT2D eigenvalue weighted by molar-refractivity contribution is 5.97. The number of fused-ring (bicyclic) bond motifs is 1. The highest BCUT2D eigenvalue weighted by Gasteiger charge is 2.23. The Morgan fingerprint density at radius 1 is 1.15 bits per heavy atom. The van der Waals surface area contributed by atoms with E-state index in [9.17, 15) is 14.0 Å². The van der Waals surface area contributed by atoms with Crippen molar-refractivity contribution in [3.8, 4) is 17.1 Å². The van der Waals surface area contributed by atoms with Gasteiger partial charge in [-0.25, -0.2) is 19.2 Å². The fraction of sp³-hybridized carbons (Fsp3) is 0.241. The number of nitrogens with two attached hydrogens (primary N) is 1. The van der Waals surface area contributed by atoms with Crippen LogP contribution in [0.1, 0.15) is 28.0 Å². The first kappa shape index (κ1) is 26.7. The van der Waals surface area contributed by atoms with Crippen LogP contribution in [0.5, 0.6) is 5.75 Å². The third-order valence-electron chi connectivity index (χ3n) is 6.82. The first-order valence-corrected chi connectivity index (χ1v) is 12.8. The zero-order valence-corrected chi connectivity index (χ0v) is 22.5. The van der Waals surface area contributed by atoms with E-state index in [0.29, 0.717) is 37.0 Å². The van der Waals surface area contributed by atoms with Gasteiger partial charge in [-0.05, 0) is 41.8 Å². The van der Waals surface area contributed by atoms with Crippen LogP contribution in [0.4, 0.5) is 15.1 Å². The van der Waals surface area contributed by atoms with Crippen molar-refractivity contribution in [1.82, 2.24) is 29.5 Å².